The lowest BCUT2D eigenvalue weighted by Crippen LogP contribution is -2.44. The minimum absolute atomic E-state index is 0.120. The molecule has 3 N–H and O–H groups in total. The topological polar surface area (TPSA) is 93.4 Å². The second-order valence-electron chi connectivity index (χ2n) is 9.80. The van der Waals surface area contributed by atoms with Crippen LogP contribution in [0.2, 0.25) is 0 Å². The molecule has 10 heteroatoms. The number of nitrogens with two attached hydrogens (primary N) is 1. The number of nitrogens with one attached hydrogen (secondary N) is 1. The number of nitrogens with zero attached hydrogens (tertiary/aromatic N) is 3. The monoisotopic (exact) mass is 511 g/mol. The van der Waals surface area contributed by atoms with Crippen LogP contribution in [0.4, 0.5) is 19.1 Å². The van der Waals surface area contributed by atoms with Crippen molar-refractivity contribution in [3.8, 4) is 11.1 Å². The molecular weight excluding hydrogens is 483 g/mol. The molecule has 2 aliphatic rings. The molecule has 194 valence electrons. The third kappa shape index (κ3) is 5.17. The van der Waals surface area contributed by atoms with Gasteiger partial charge in [-0.2, -0.15) is 13.2 Å². The number of carbonyl (C=O) groups excluding carboxylic acids is 1. The first-order valence-corrected chi connectivity index (χ1v) is 12.1. The van der Waals surface area contributed by atoms with Crippen molar-refractivity contribution < 1.29 is 22.7 Å². The second kappa shape index (κ2) is 9.75. The Hall–Kier alpha value is -3.50. The van der Waals surface area contributed by atoms with Crippen LogP contribution in [0.15, 0.2) is 54.7 Å². The first-order chi connectivity index (χ1) is 17.7. The van der Waals surface area contributed by atoms with E-state index in [1.165, 1.54) is 6.07 Å². The highest BCUT2D eigenvalue weighted by molar-refractivity contribution is 5.92. The summed E-state index contributed by atoms with van der Waals surface area (Å²) in [6.45, 7) is 5.11. The van der Waals surface area contributed by atoms with Crippen LogP contribution in [0.3, 0.4) is 0 Å². The van der Waals surface area contributed by atoms with Gasteiger partial charge in [-0.1, -0.05) is 30.3 Å². The summed E-state index contributed by atoms with van der Waals surface area (Å²) in [4.78, 5) is 23.9. The van der Waals surface area contributed by atoms with Crippen LogP contribution in [0.1, 0.15) is 46.6 Å². The molecule has 2 saturated heterocycles. The highest BCUT2D eigenvalue weighted by atomic mass is 19.4. The zero-order valence-electron chi connectivity index (χ0n) is 20.4. The molecule has 2 aliphatic heterocycles. The largest absolute Gasteiger partial charge is 0.416 e. The SMILES string of the molecule is C[C@@H](NC(=O)c1ccnc(N2CCC3(COC3)C2)n1)c1ccc(-c2cc(C(F)(F)F)ccc2CN)cc1. The lowest BCUT2D eigenvalue weighted by molar-refractivity contribution is -0.137. The summed E-state index contributed by atoms with van der Waals surface area (Å²) in [6.07, 6.45) is -1.83. The number of alkyl halides is 3. The Labute approximate surface area is 212 Å². The molecule has 0 aliphatic carbocycles. The highest BCUT2D eigenvalue weighted by Crippen LogP contribution is 2.38. The zero-order chi connectivity index (χ0) is 26.2. The van der Waals surface area contributed by atoms with Crippen LogP contribution in [-0.4, -0.2) is 42.2 Å². The molecule has 1 atom stereocenters. The molecule has 2 aromatic carbocycles. The summed E-state index contributed by atoms with van der Waals surface area (Å²) in [5, 5.41) is 2.94. The van der Waals surface area contributed by atoms with Crippen molar-refractivity contribution in [1.82, 2.24) is 15.3 Å². The van der Waals surface area contributed by atoms with Gasteiger partial charge in [0.05, 0.1) is 24.8 Å². The summed E-state index contributed by atoms with van der Waals surface area (Å²) in [7, 11) is 0. The molecule has 3 aromatic rings. The van der Waals surface area contributed by atoms with Crippen molar-refractivity contribution in [1.29, 1.82) is 0 Å². The van der Waals surface area contributed by atoms with Gasteiger partial charge in [0.25, 0.3) is 5.91 Å². The van der Waals surface area contributed by atoms with Gasteiger partial charge in [-0.3, -0.25) is 4.79 Å². The molecular formula is C27H28F3N5O2. The zero-order valence-corrected chi connectivity index (χ0v) is 20.4. The highest BCUT2D eigenvalue weighted by Gasteiger charge is 2.45. The fraction of sp³-hybridized carbons (Fsp3) is 0.370. The van der Waals surface area contributed by atoms with Gasteiger partial charge in [0.15, 0.2) is 0 Å². The number of rotatable bonds is 6. The number of aromatic nitrogens is 2. The Kier molecular flexibility index (Phi) is 6.63. The van der Waals surface area contributed by atoms with E-state index in [-0.39, 0.29) is 29.6 Å². The molecule has 0 radical (unpaired) electrons. The van der Waals surface area contributed by atoms with E-state index in [4.69, 9.17) is 10.5 Å². The molecule has 37 heavy (non-hydrogen) atoms. The van der Waals surface area contributed by atoms with Crippen LogP contribution in [-0.2, 0) is 17.5 Å². The van der Waals surface area contributed by atoms with Crippen molar-refractivity contribution >= 4 is 11.9 Å². The maximum absolute atomic E-state index is 13.2. The molecule has 7 nitrogen and oxygen atoms in total. The van der Waals surface area contributed by atoms with Crippen molar-refractivity contribution in [2.45, 2.75) is 32.1 Å². The summed E-state index contributed by atoms with van der Waals surface area (Å²) in [5.41, 5.74) is 7.98. The quantitative estimate of drug-likeness (QED) is 0.512. The van der Waals surface area contributed by atoms with E-state index in [1.54, 1.807) is 36.5 Å². The van der Waals surface area contributed by atoms with E-state index in [1.807, 2.05) is 6.92 Å². The minimum atomic E-state index is -4.44. The normalized spacial score (nSPS) is 17.5. The molecule has 0 unspecified atom stereocenters. The van der Waals surface area contributed by atoms with Crippen LogP contribution < -0.4 is 16.0 Å². The number of ether oxygens (including phenoxy) is 1. The summed E-state index contributed by atoms with van der Waals surface area (Å²) in [5.74, 6) is 0.203. The van der Waals surface area contributed by atoms with Crippen molar-refractivity contribution in [2.75, 3.05) is 31.2 Å². The first-order valence-electron chi connectivity index (χ1n) is 12.1. The number of hydrogen-bond acceptors (Lipinski definition) is 6. The second-order valence-corrected chi connectivity index (χ2v) is 9.80. The van der Waals surface area contributed by atoms with Gasteiger partial charge in [-0.25, -0.2) is 9.97 Å². The predicted octanol–water partition coefficient (Wildman–Crippen LogP) is 4.34. The molecule has 3 heterocycles. The number of amides is 1. The van der Waals surface area contributed by atoms with E-state index < -0.39 is 11.7 Å². The summed E-state index contributed by atoms with van der Waals surface area (Å²) < 4.78 is 45.1. The van der Waals surface area contributed by atoms with Crippen LogP contribution in [0.5, 0.6) is 0 Å². The van der Waals surface area contributed by atoms with Gasteiger partial charge < -0.3 is 20.7 Å². The fourth-order valence-corrected chi connectivity index (χ4v) is 4.86. The van der Waals surface area contributed by atoms with E-state index in [9.17, 15) is 18.0 Å². The Morgan fingerprint density at radius 3 is 2.57 bits per heavy atom. The fourth-order valence-electron chi connectivity index (χ4n) is 4.86. The molecule has 1 amide bonds. The van der Waals surface area contributed by atoms with Crippen molar-refractivity contribution in [2.24, 2.45) is 11.1 Å². The van der Waals surface area contributed by atoms with Gasteiger partial charge in [-0.15, -0.1) is 0 Å². The third-order valence-electron chi connectivity index (χ3n) is 7.14. The number of hydrogen-bond donors (Lipinski definition) is 2. The van der Waals surface area contributed by atoms with Crippen molar-refractivity contribution in [3.63, 3.8) is 0 Å². The number of halogens is 3. The maximum Gasteiger partial charge on any atom is 0.416 e. The molecule has 1 spiro atoms. The summed E-state index contributed by atoms with van der Waals surface area (Å²) in [6, 6.07) is 11.9. The van der Waals surface area contributed by atoms with Gasteiger partial charge in [-0.05, 0) is 53.8 Å². The number of benzene rings is 2. The van der Waals surface area contributed by atoms with Crippen molar-refractivity contribution in [3.05, 3.63) is 77.1 Å². The van der Waals surface area contributed by atoms with Gasteiger partial charge in [0, 0.05) is 31.2 Å². The van der Waals surface area contributed by atoms with Gasteiger partial charge in [0.1, 0.15) is 5.69 Å². The first kappa shape index (κ1) is 25.2. The molecule has 0 bridgehead atoms. The Morgan fingerprint density at radius 1 is 1.19 bits per heavy atom. The molecule has 2 fully saturated rings. The lowest BCUT2D eigenvalue weighted by Gasteiger charge is -2.37. The molecule has 5 rings (SSSR count). The van der Waals surface area contributed by atoms with Gasteiger partial charge in [0.2, 0.25) is 5.95 Å². The Balaban J connectivity index is 1.28. The van der Waals surface area contributed by atoms with E-state index in [0.717, 1.165) is 50.4 Å². The predicted molar refractivity (Wildman–Crippen MR) is 133 cm³/mol. The molecule has 1 aromatic heterocycles. The van der Waals surface area contributed by atoms with Crippen LogP contribution in [0, 0.1) is 5.41 Å². The van der Waals surface area contributed by atoms with E-state index in [2.05, 4.69) is 20.2 Å². The maximum atomic E-state index is 13.2. The van der Waals surface area contributed by atoms with Crippen LogP contribution >= 0.6 is 0 Å². The lowest BCUT2D eigenvalue weighted by atomic mass is 9.85. The number of anilines is 1. The Bertz CT molecular complexity index is 1290. The third-order valence-corrected chi connectivity index (χ3v) is 7.14. The number of carbonyl (C=O) groups is 1. The Morgan fingerprint density at radius 2 is 1.95 bits per heavy atom. The van der Waals surface area contributed by atoms with Gasteiger partial charge >= 0.3 is 6.18 Å². The van der Waals surface area contributed by atoms with Crippen LogP contribution in [0.25, 0.3) is 11.1 Å². The minimum Gasteiger partial charge on any atom is -0.380 e. The smallest absolute Gasteiger partial charge is 0.380 e. The average molecular weight is 512 g/mol. The average Bonchev–Trinajstić information content (AvgIpc) is 3.35. The van der Waals surface area contributed by atoms with E-state index >= 15 is 0 Å². The molecule has 0 saturated carbocycles. The standard InChI is InChI=1S/C27H28F3N5O2/c1-17(18-2-4-19(5-3-18)22-12-21(27(28,29)30)7-6-20(22)13-31)33-24(36)23-8-10-32-25(34-23)35-11-9-26(14-35)15-37-16-26/h2-8,10,12,17H,9,11,13-16,31H2,1H3,(H,33,36)/t17-/m1/s1. The van der Waals surface area contributed by atoms with E-state index in [0.29, 0.717) is 22.6 Å². The summed E-state index contributed by atoms with van der Waals surface area (Å²) >= 11 is 0.